The maximum absolute atomic E-state index is 12.0. The fourth-order valence-electron chi connectivity index (χ4n) is 2.52. The molecule has 1 aliphatic rings. The summed E-state index contributed by atoms with van der Waals surface area (Å²) in [5.74, 6) is 0.574. The van der Waals surface area contributed by atoms with Crippen molar-refractivity contribution < 1.29 is 4.79 Å². The monoisotopic (exact) mass is 240 g/mol. The summed E-state index contributed by atoms with van der Waals surface area (Å²) in [5, 5.41) is 3.08. The summed E-state index contributed by atoms with van der Waals surface area (Å²) in [4.78, 5) is 12.0. The van der Waals surface area contributed by atoms with Gasteiger partial charge in [-0.15, -0.1) is 0 Å². The minimum atomic E-state index is 0.282. The van der Waals surface area contributed by atoms with Crippen molar-refractivity contribution in [2.75, 3.05) is 13.1 Å². The Hall–Kier alpha value is -0.570. The van der Waals surface area contributed by atoms with Crippen molar-refractivity contribution in [3.8, 4) is 0 Å². The highest BCUT2D eigenvalue weighted by Crippen LogP contribution is 2.22. The topological polar surface area (TPSA) is 55.1 Å². The van der Waals surface area contributed by atoms with Crippen LogP contribution in [0.4, 0.5) is 0 Å². The predicted octanol–water partition coefficient (Wildman–Crippen LogP) is 2.59. The fraction of sp³-hybridized carbons (Fsp3) is 0.929. The van der Waals surface area contributed by atoms with Crippen LogP contribution in [0, 0.1) is 5.92 Å². The molecular weight excluding hydrogens is 212 g/mol. The Morgan fingerprint density at radius 2 is 1.65 bits per heavy atom. The lowest BCUT2D eigenvalue weighted by atomic mass is 9.90. The standard InChI is InChI=1S/C14H28N2O/c15-11-7-4-8-12-16-14(17)13-9-5-2-1-3-6-10-13/h13H,1-12,15H2,(H,16,17). The van der Waals surface area contributed by atoms with E-state index in [1.54, 1.807) is 0 Å². The van der Waals surface area contributed by atoms with Crippen LogP contribution in [0.1, 0.15) is 64.2 Å². The van der Waals surface area contributed by atoms with Crippen molar-refractivity contribution in [3.05, 3.63) is 0 Å². The second-order valence-electron chi connectivity index (χ2n) is 5.18. The molecule has 0 aromatic rings. The summed E-state index contributed by atoms with van der Waals surface area (Å²) >= 11 is 0. The first-order chi connectivity index (χ1) is 8.34. The van der Waals surface area contributed by atoms with E-state index in [0.29, 0.717) is 5.91 Å². The maximum atomic E-state index is 12.0. The summed E-state index contributed by atoms with van der Waals surface area (Å²) in [5.41, 5.74) is 5.43. The Balaban J connectivity index is 2.11. The summed E-state index contributed by atoms with van der Waals surface area (Å²) in [6.07, 6.45) is 11.9. The van der Waals surface area contributed by atoms with Crippen molar-refractivity contribution >= 4 is 5.91 Å². The highest BCUT2D eigenvalue weighted by atomic mass is 16.1. The molecule has 1 fully saturated rings. The summed E-state index contributed by atoms with van der Waals surface area (Å²) < 4.78 is 0. The predicted molar refractivity (Wildman–Crippen MR) is 71.7 cm³/mol. The van der Waals surface area contributed by atoms with Gasteiger partial charge in [0.05, 0.1) is 0 Å². The van der Waals surface area contributed by atoms with Gasteiger partial charge in [0.25, 0.3) is 0 Å². The molecule has 0 spiro atoms. The van der Waals surface area contributed by atoms with Gasteiger partial charge in [-0.25, -0.2) is 0 Å². The normalized spacial score (nSPS) is 18.4. The van der Waals surface area contributed by atoms with Gasteiger partial charge in [-0.05, 0) is 32.2 Å². The highest BCUT2D eigenvalue weighted by molar-refractivity contribution is 5.78. The number of nitrogens with one attached hydrogen (secondary N) is 1. The molecule has 3 N–H and O–H groups in total. The van der Waals surface area contributed by atoms with Crippen LogP contribution >= 0.6 is 0 Å². The van der Waals surface area contributed by atoms with E-state index in [1.165, 1.54) is 32.1 Å². The van der Waals surface area contributed by atoms with Crippen LogP contribution in [0.2, 0.25) is 0 Å². The Labute approximate surface area is 106 Å². The van der Waals surface area contributed by atoms with Gasteiger partial charge in [0, 0.05) is 12.5 Å². The summed E-state index contributed by atoms with van der Waals surface area (Å²) in [6.45, 7) is 1.59. The fourth-order valence-corrected chi connectivity index (χ4v) is 2.52. The van der Waals surface area contributed by atoms with Gasteiger partial charge in [0.1, 0.15) is 0 Å². The average Bonchev–Trinajstić information content (AvgIpc) is 2.28. The molecule has 1 saturated carbocycles. The number of carbonyl (C=O) groups excluding carboxylic acids is 1. The van der Waals surface area contributed by atoms with Crippen LogP contribution in [0.5, 0.6) is 0 Å². The van der Waals surface area contributed by atoms with Gasteiger partial charge in [-0.3, -0.25) is 4.79 Å². The molecule has 1 aliphatic carbocycles. The number of amides is 1. The molecule has 0 aromatic heterocycles. The molecule has 17 heavy (non-hydrogen) atoms. The molecule has 1 rings (SSSR count). The smallest absolute Gasteiger partial charge is 0.223 e. The first-order valence-corrected chi connectivity index (χ1v) is 7.32. The van der Waals surface area contributed by atoms with Gasteiger partial charge in [0.2, 0.25) is 5.91 Å². The highest BCUT2D eigenvalue weighted by Gasteiger charge is 2.18. The molecule has 3 heteroatoms. The van der Waals surface area contributed by atoms with Gasteiger partial charge < -0.3 is 11.1 Å². The third kappa shape index (κ3) is 6.67. The molecule has 0 heterocycles. The minimum Gasteiger partial charge on any atom is -0.356 e. The zero-order valence-corrected chi connectivity index (χ0v) is 11.0. The maximum Gasteiger partial charge on any atom is 0.223 e. The number of hydrogen-bond donors (Lipinski definition) is 2. The van der Waals surface area contributed by atoms with Gasteiger partial charge in [0.15, 0.2) is 0 Å². The van der Waals surface area contributed by atoms with E-state index < -0.39 is 0 Å². The Morgan fingerprint density at radius 1 is 1.00 bits per heavy atom. The zero-order chi connectivity index (χ0) is 12.3. The summed E-state index contributed by atoms with van der Waals surface area (Å²) in [7, 11) is 0. The number of unbranched alkanes of at least 4 members (excludes halogenated alkanes) is 2. The molecule has 100 valence electrons. The number of nitrogens with two attached hydrogens (primary N) is 1. The minimum absolute atomic E-state index is 0.282. The number of carbonyl (C=O) groups is 1. The van der Waals surface area contributed by atoms with Crippen LogP contribution in [-0.2, 0) is 4.79 Å². The molecule has 3 nitrogen and oxygen atoms in total. The van der Waals surface area contributed by atoms with Crippen molar-refractivity contribution in [3.63, 3.8) is 0 Å². The molecule has 0 saturated heterocycles. The Morgan fingerprint density at radius 3 is 2.29 bits per heavy atom. The molecule has 0 bridgehead atoms. The lowest BCUT2D eigenvalue weighted by Crippen LogP contribution is -2.31. The van der Waals surface area contributed by atoms with Crippen molar-refractivity contribution in [2.45, 2.75) is 64.2 Å². The van der Waals surface area contributed by atoms with Crippen molar-refractivity contribution in [1.82, 2.24) is 5.32 Å². The number of hydrogen-bond acceptors (Lipinski definition) is 2. The third-order valence-electron chi connectivity index (χ3n) is 3.66. The van der Waals surface area contributed by atoms with E-state index in [-0.39, 0.29) is 5.92 Å². The van der Waals surface area contributed by atoms with Gasteiger partial charge in [-0.1, -0.05) is 38.5 Å². The van der Waals surface area contributed by atoms with E-state index in [4.69, 9.17) is 5.73 Å². The molecule has 1 amide bonds. The summed E-state index contributed by atoms with van der Waals surface area (Å²) in [6, 6.07) is 0. The largest absolute Gasteiger partial charge is 0.356 e. The molecule has 0 unspecified atom stereocenters. The average molecular weight is 240 g/mol. The second kappa shape index (κ2) is 9.46. The molecule has 0 atom stereocenters. The van der Waals surface area contributed by atoms with E-state index in [9.17, 15) is 4.79 Å². The number of rotatable bonds is 6. The lowest BCUT2D eigenvalue weighted by molar-refractivity contribution is -0.125. The van der Waals surface area contributed by atoms with E-state index in [0.717, 1.165) is 45.2 Å². The second-order valence-corrected chi connectivity index (χ2v) is 5.18. The molecular formula is C14H28N2O. The van der Waals surface area contributed by atoms with E-state index >= 15 is 0 Å². The zero-order valence-electron chi connectivity index (χ0n) is 11.0. The quantitative estimate of drug-likeness (QED) is 0.701. The molecule has 0 aromatic carbocycles. The van der Waals surface area contributed by atoms with Crippen molar-refractivity contribution in [2.24, 2.45) is 11.7 Å². The first-order valence-electron chi connectivity index (χ1n) is 7.32. The van der Waals surface area contributed by atoms with Crippen molar-refractivity contribution in [1.29, 1.82) is 0 Å². The Kier molecular flexibility index (Phi) is 8.06. The van der Waals surface area contributed by atoms with Gasteiger partial charge in [-0.2, -0.15) is 0 Å². The van der Waals surface area contributed by atoms with Gasteiger partial charge >= 0.3 is 0 Å². The first kappa shape index (κ1) is 14.5. The Bertz CT molecular complexity index is 198. The van der Waals surface area contributed by atoms with Crippen LogP contribution in [0.25, 0.3) is 0 Å². The van der Waals surface area contributed by atoms with Crippen LogP contribution in [0.3, 0.4) is 0 Å². The SMILES string of the molecule is NCCCCCNC(=O)C1CCCCCCC1. The van der Waals surface area contributed by atoms with E-state index in [1.807, 2.05) is 0 Å². The lowest BCUT2D eigenvalue weighted by Gasteiger charge is -2.19. The van der Waals surface area contributed by atoms with Crippen LogP contribution in [-0.4, -0.2) is 19.0 Å². The molecule has 0 radical (unpaired) electrons. The molecule has 0 aliphatic heterocycles. The van der Waals surface area contributed by atoms with E-state index in [2.05, 4.69) is 5.32 Å². The third-order valence-corrected chi connectivity index (χ3v) is 3.66. The van der Waals surface area contributed by atoms with Crippen LogP contribution < -0.4 is 11.1 Å². The van der Waals surface area contributed by atoms with Crippen LogP contribution in [0.15, 0.2) is 0 Å².